The van der Waals surface area contributed by atoms with Gasteiger partial charge in [-0.25, -0.2) is 8.42 Å². The van der Waals surface area contributed by atoms with Crippen molar-refractivity contribution in [1.29, 1.82) is 0 Å². The third-order valence-electron chi connectivity index (χ3n) is 3.76. The molecule has 0 saturated carbocycles. The lowest BCUT2D eigenvalue weighted by Crippen LogP contribution is -2.43. The molecule has 0 radical (unpaired) electrons. The Morgan fingerprint density at radius 3 is 2.81 bits per heavy atom. The van der Waals surface area contributed by atoms with Crippen LogP contribution in [0.25, 0.3) is 0 Å². The largest absolute Gasteiger partial charge is 0.389 e. The Hall–Kier alpha value is -1.02. The maximum Gasteiger partial charge on any atom is 0.243 e. The molecule has 1 atom stereocenters. The molecule has 1 saturated heterocycles. The monoisotopic (exact) mass is 328 g/mol. The van der Waals surface area contributed by atoms with E-state index in [1.54, 1.807) is 32.2 Å². The number of thiocarbonyl (C=S) groups is 1. The summed E-state index contributed by atoms with van der Waals surface area (Å²) in [5.74, 6) is 0. The van der Waals surface area contributed by atoms with Crippen LogP contribution in [0.5, 0.6) is 0 Å². The van der Waals surface area contributed by atoms with Gasteiger partial charge >= 0.3 is 0 Å². The van der Waals surface area contributed by atoms with Gasteiger partial charge in [0.25, 0.3) is 0 Å². The number of sulfonamides is 1. The normalized spacial score (nSPS) is 20.4. The quantitative estimate of drug-likeness (QED) is 0.847. The summed E-state index contributed by atoms with van der Waals surface area (Å²) < 4.78 is 32.4. The van der Waals surface area contributed by atoms with Gasteiger partial charge in [0, 0.05) is 25.8 Å². The standard InChI is InChI=1S/C14H20N2O3S2/c1-10-5-6-11(14(15)20)8-13(10)21(17,18)16-7-3-4-12(9-16)19-2/h5-6,8,12H,3-4,7,9H2,1-2H3,(H2,15,20). The predicted octanol–water partition coefficient (Wildman–Crippen LogP) is 1.43. The minimum absolute atomic E-state index is 0.0485. The Balaban J connectivity index is 2.39. The number of piperidine rings is 1. The number of ether oxygens (including phenoxy) is 1. The van der Waals surface area contributed by atoms with Gasteiger partial charge in [0.15, 0.2) is 0 Å². The van der Waals surface area contributed by atoms with Crippen LogP contribution in [0.1, 0.15) is 24.0 Å². The van der Waals surface area contributed by atoms with Crippen molar-refractivity contribution in [3.8, 4) is 0 Å². The van der Waals surface area contributed by atoms with Gasteiger partial charge in [-0.05, 0) is 31.4 Å². The fourth-order valence-electron chi connectivity index (χ4n) is 2.49. The Labute approximate surface area is 131 Å². The van der Waals surface area contributed by atoms with Gasteiger partial charge in [0.2, 0.25) is 10.0 Å². The molecule has 2 N–H and O–H groups in total. The molecule has 0 aromatic heterocycles. The Bertz CT molecular complexity index is 644. The van der Waals surface area contributed by atoms with Crippen LogP contribution in [-0.2, 0) is 14.8 Å². The van der Waals surface area contributed by atoms with Gasteiger partial charge < -0.3 is 10.5 Å². The molecule has 0 aliphatic carbocycles. The molecule has 1 aliphatic heterocycles. The molecule has 1 heterocycles. The summed E-state index contributed by atoms with van der Waals surface area (Å²) in [6.45, 7) is 2.67. The van der Waals surface area contributed by atoms with E-state index in [0.717, 1.165) is 12.8 Å². The SMILES string of the molecule is COC1CCCN(S(=O)(=O)c2cc(C(N)=S)ccc2C)C1. The molecular weight excluding hydrogens is 308 g/mol. The summed E-state index contributed by atoms with van der Waals surface area (Å²) >= 11 is 4.93. The molecule has 1 aromatic carbocycles. The maximum atomic E-state index is 12.8. The highest BCUT2D eigenvalue weighted by Crippen LogP contribution is 2.25. The first kappa shape index (κ1) is 16.4. The van der Waals surface area contributed by atoms with E-state index in [9.17, 15) is 8.42 Å². The number of hydrogen-bond acceptors (Lipinski definition) is 4. The Morgan fingerprint density at radius 2 is 2.19 bits per heavy atom. The van der Waals surface area contributed by atoms with E-state index in [1.807, 2.05) is 0 Å². The van der Waals surface area contributed by atoms with Crippen LogP contribution < -0.4 is 5.73 Å². The third kappa shape index (κ3) is 3.42. The van der Waals surface area contributed by atoms with E-state index in [4.69, 9.17) is 22.7 Å². The summed E-state index contributed by atoms with van der Waals surface area (Å²) in [5.41, 5.74) is 6.85. The molecule has 1 aromatic rings. The molecule has 1 aliphatic rings. The number of nitrogens with zero attached hydrogens (tertiary/aromatic N) is 1. The molecule has 1 unspecified atom stereocenters. The van der Waals surface area contributed by atoms with Crippen molar-refractivity contribution in [2.24, 2.45) is 5.73 Å². The van der Waals surface area contributed by atoms with Crippen molar-refractivity contribution < 1.29 is 13.2 Å². The minimum atomic E-state index is -3.55. The lowest BCUT2D eigenvalue weighted by Gasteiger charge is -2.31. The number of benzene rings is 1. The lowest BCUT2D eigenvalue weighted by atomic mass is 10.1. The fraction of sp³-hybridized carbons (Fsp3) is 0.500. The maximum absolute atomic E-state index is 12.8. The van der Waals surface area contributed by atoms with Gasteiger partial charge in [-0.1, -0.05) is 24.4 Å². The number of hydrogen-bond donors (Lipinski definition) is 1. The summed E-state index contributed by atoms with van der Waals surface area (Å²) in [6, 6.07) is 5.04. The first-order valence-electron chi connectivity index (χ1n) is 6.79. The average molecular weight is 328 g/mol. The summed E-state index contributed by atoms with van der Waals surface area (Å²) in [7, 11) is -1.94. The number of methoxy groups -OCH3 is 1. The fourth-order valence-corrected chi connectivity index (χ4v) is 4.37. The van der Waals surface area contributed by atoms with E-state index in [1.165, 1.54) is 4.31 Å². The zero-order chi connectivity index (χ0) is 15.6. The number of aryl methyl sites for hydroxylation is 1. The Morgan fingerprint density at radius 1 is 1.48 bits per heavy atom. The first-order chi connectivity index (χ1) is 9.86. The second-order valence-corrected chi connectivity index (χ2v) is 7.55. The average Bonchev–Trinajstić information content (AvgIpc) is 2.47. The zero-order valence-electron chi connectivity index (χ0n) is 12.2. The molecule has 0 spiro atoms. The smallest absolute Gasteiger partial charge is 0.243 e. The van der Waals surface area contributed by atoms with Crippen molar-refractivity contribution in [3.05, 3.63) is 29.3 Å². The van der Waals surface area contributed by atoms with Crippen LogP contribution in [0, 0.1) is 6.92 Å². The molecule has 116 valence electrons. The van der Waals surface area contributed by atoms with E-state index < -0.39 is 10.0 Å². The highest BCUT2D eigenvalue weighted by molar-refractivity contribution is 7.89. The number of rotatable bonds is 4. The predicted molar refractivity (Wildman–Crippen MR) is 85.9 cm³/mol. The van der Waals surface area contributed by atoms with E-state index in [-0.39, 0.29) is 16.0 Å². The zero-order valence-corrected chi connectivity index (χ0v) is 13.8. The molecule has 5 nitrogen and oxygen atoms in total. The summed E-state index contributed by atoms with van der Waals surface area (Å²) in [6.07, 6.45) is 1.63. The van der Waals surface area contributed by atoms with Crippen LogP contribution in [0.4, 0.5) is 0 Å². The highest BCUT2D eigenvalue weighted by atomic mass is 32.2. The van der Waals surface area contributed by atoms with Crippen molar-refractivity contribution in [3.63, 3.8) is 0 Å². The lowest BCUT2D eigenvalue weighted by molar-refractivity contribution is 0.0572. The van der Waals surface area contributed by atoms with Crippen LogP contribution in [-0.4, -0.2) is 44.0 Å². The van der Waals surface area contributed by atoms with Crippen molar-refractivity contribution in [2.75, 3.05) is 20.2 Å². The van der Waals surface area contributed by atoms with Crippen molar-refractivity contribution in [2.45, 2.75) is 30.8 Å². The molecule has 0 amide bonds. The summed E-state index contributed by atoms with van der Waals surface area (Å²) in [5, 5.41) is 0. The second kappa shape index (κ2) is 6.39. The minimum Gasteiger partial charge on any atom is -0.389 e. The van der Waals surface area contributed by atoms with Crippen LogP contribution >= 0.6 is 12.2 Å². The third-order valence-corrected chi connectivity index (χ3v) is 6.01. The van der Waals surface area contributed by atoms with Gasteiger partial charge in [-0.3, -0.25) is 0 Å². The molecule has 7 heteroatoms. The van der Waals surface area contributed by atoms with E-state index in [2.05, 4.69) is 0 Å². The van der Waals surface area contributed by atoms with E-state index in [0.29, 0.717) is 24.2 Å². The molecule has 21 heavy (non-hydrogen) atoms. The highest BCUT2D eigenvalue weighted by Gasteiger charge is 2.31. The Kier molecular flexibility index (Phi) is 4.98. The van der Waals surface area contributed by atoms with Gasteiger partial charge in [0.05, 0.1) is 11.0 Å². The van der Waals surface area contributed by atoms with Crippen LogP contribution in [0.15, 0.2) is 23.1 Å². The van der Waals surface area contributed by atoms with Crippen LogP contribution in [0.3, 0.4) is 0 Å². The van der Waals surface area contributed by atoms with E-state index >= 15 is 0 Å². The van der Waals surface area contributed by atoms with Gasteiger partial charge in [-0.2, -0.15) is 4.31 Å². The molecule has 2 rings (SSSR count). The molecule has 1 fully saturated rings. The van der Waals surface area contributed by atoms with Crippen molar-refractivity contribution >= 4 is 27.2 Å². The second-order valence-electron chi connectivity index (χ2n) is 5.21. The van der Waals surface area contributed by atoms with Crippen molar-refractivity contribution in [1.82, 2.24) is 4.31 Å². The first-order valence-corrected chi connectivity index (χ1v) is 8.64. The molecular formula is C14H20N2O3S2. The molecule has 0 bridgehead atoms. The van der Waals surface area contributed by atoms with Gasteiger partial charge in [0.1, 0.15) is 4.99 Å². The topological polar surface area (TPSA) is 72.6 Å². The van der Waals surface area contributed by atoms with Crippen LogP contribution in [0.2, 0.25) is 0 Å². The van der Waals surface area contributed by atoms with Gasteiger partial charge in [-0.15, -0.1) is 0 Å². The number of nitrogens with two attached hydrogens (primary N) is 1. The summed E-state index contributed by atoms with van der Waals surface area (Å²) in [4.78, 5) is 0.462.